The molecule has 0 bridgehead atoms. The molecule has 3 rings (SSSR count). The van der Waals surface area contributed by atoms with E-state index >= 15 is 0 Å². The monoisotopic (exact) mass is 400 g/mol. The number of rotatable bonds is 5. The molecule has 1 amide bonds. The highest BCUT2D eigenvalue weighted by molar-refractivity contribution is 8.19. The van der Waals surface area contributed by atoms with E-state index in [2.05, 4.69) is 0 Å². The van der Waals surface area contributed by atoms with E-state index in [1.165, 1.54) is 29.9 Å². The lowest BCUT2D eigenvalue weighted by Gasteiger charge is -2.19. The molecular weight excluding hydrogens is 387 g/mol. The fourth-order valence-corrected chi connectivity index (χ4v) is 5.35. The van der Waals surface area contributed by atoms with E-state index in [1.807, 2.05) is 24.3 Å². The van der Waals surface area contributed by atoms with E-state index in [9.17, 15) is 10.0 Å². The Bertz CT molecular complexity index is 745. The molecule has 24 heavy (non-hydrogen) atoms. The molecule has 2 heterocycles. The summed E-state index contributed by atoms with van der Waals surface area (Å²) in [4.78, 5) is 12.2. The Balaban J connectivity index is 1.62. The smallest absolute Gasteiger partial charge is 0.253 e. The Kier molecular flexibility index (Phi) is 5.49. The van der Waals surface area contributed by atoms with Crippen LogP contribution in [-0.2, 0) is 11.2 Å². The van der Waals surface area contributed by atoms with Crippen LogP contribution in [-0.4, -0.2) is 20.3 Å². The van der Waals surface area contributed by atoms with Crippen molar-refractivity contribution in [2.45, 2.75) is 21.4 Å². The number of amides is 1. The molecule has 1 atom stereocenters. The van der Waals surface area contributed by atoms with Crippen LogP contribution >= 0.6 is 46.9 Å². The van der Waals surface area contributed by atoms with Gasteiger partial charge in [-0.1, -0.05) is 35.3 Å². The van der Waals surface area contributed by atoms with E-state index in [0.29, 0.717) is 16.6 Å². The first-order chi connectivity index (χ1) is 11.5. The number of halogens is 2. The first-order valence-corrected chi connectivity index (χ1v) is 9.60. The van der Waals surface area contributed by atoms with Crippen LogP contribution in [0.2, 0.25) is 5.02 Å². The number of carbonyl (C=O) groups excluding carboxylic acids is 1. The highest BCUT2D eigenvalue weighted by Crippen LogP contribution is 2.53. The molecule has 4 nitrogen and oxygen atoms in total. The van der Waals surface area contributed by atoms with E-state index in [4.69, 9.17) is 23.2 Å². The molecular formula is C16H14Cl2N2O2S2. The van der Waals surface area contributed by atoms with Gasteiger partial charge in [0, 0.05) is 23.7 Å². The van der Waals surface area contributed by atoms with E-state index < -0.39 is 3.54 Å². The van der Waals surface area contributed by atoms with Crippen LogP contribution in [0.25, 0.3) is 0 Å². The Labute approximate surface area is 158 Å². The Hall–Kier alpha value is -1.08. The SMILES string of the molecule is O=C1CC(Cl)(Sc2cccc[n+]2[O-])SN1CCc1ccc(Cl)cc1. The Morgan fingerprint density at radius 3 is 2.75 bits per heavy atom. The molecule has 126 valence electrons. The molecule has 0 radical (unpaired) electrons. The van der Waals surface area contributed by atoms with Crippen molar-refractivity contribution >= 4 is 52.8 Å². The summed E-state index contributed by atoms with van der Waals surface area (Å²) in [6.07, 6.45) is 2.32. The second kappa shape index (κ2) is 7.44. The maximum Gasteiger partial charge on any atom is 0.253 e. The van der Waals surface area contributed by atoms with E-state index in [0.717, 1.165) is 16.7 Å². The van der Waals surface area contributed by atoms with Crippen LogP contribution in [0.4, 0.5) is 0 Å². The largest absolute Gasteiger partial charge is 0.618 e. The quantitative estimate of drug-likeness (QED) is 0.328. The van der Waals surface area contributed by atoms with Crippen molar-refractivity contribution in [2.75, 3.05) is 6.54 Å². The van der Waals surface area contributed by atoms with Crippen molar-refractivity contribution < 1.29 is 9.52 Å². The number of nitrogens with zero attached hydrogens (tertiary/aromatic N) is 2. The van der Waals surface area contributed by atoms with Crippen LogP contribution in [0.5, 0.6) is 0 Å². The van der Waals surface area contributed by atoms with Crippen LogP contribution in [0.15, 0.2) is 53.7 Å². The Morgan fingerprint density at radius 2 is 2.04 bits per heavy atom. The molecule has 1 aliphatic heterocycles. The van der Waals surface area contributed by atoms with Gasteiger partial charge in [0.1, 0.15) is 0 Å². The maximum atomic E-state index is 12.2. The fourth-order valence-electron chi connectivity index (χ4n) is 2.27. The number of benzene rings is 1. The second-order valence-electron chi connectivity index (χ2n) is 5.27. The number of pyridine rings is 1. The van der Waals surface area contributed by atoms with Gasteiger partial charge in [0.25, 0.3) is 5.03 Å². The van der Waals surface area contributed by atoms with Crippen LogP contribution in [0.1, 0.15) is 12.0 Å². The summed E-state index contributed by atoms with van der Waals surface area (Å²) >= 11 is 14.9. The third kappa shape index (κ3) is 4.30. The van der Waals surface area contributed by atoms with Gasteiger partial charge in [0.05, 0.1) is 6.42 Å². The average molecular weight is 401 g/mol. The lowest BCUT2D eigenvalue weighted by Crippen LogP contribution is -2.29. The number of thioether (sulfide) groups is 1. The van der Waals surface area contributed by atoms with Gasteiger partial charge in [-0.15, -0.1) is 0 Å². The zero-order valence-corrected chi connectivity index (χ0v) is 15.7. The van der Waals surface area contributed by atoms with Crippen molar-refractivity contribution in [3.05, 3.63) is 64.5 Å². The summed E-state index contributed by atoms with van der Waals surface area (Å²) in [5.41, 5.74) is 1.10. The lowest BCUT2D eigenvalue weighted by atomic mass is 10.1. The third-order valence-electron chi connectivity index (χ3n) is 3.45. The predicted molar refractivity (Wildman–Crippen MR) is 98.9 cm³/mol. The molecule has 1 aromatic heterocycles. The highest BCUT2D eigenvalue weighted by atomic mass is 35.5. The molecule has 0 saturated carbocycles. The number of aromatic nitrogens is 1. The third-order valence-corrected chi connectivity index (χ3v) is 6.75. The molecule has 1 aliphatic rings. The minimum absolute atomic E-state index is 0.0233. The number of carbonyl (C=O) groups is 1. The summed E-state index contributed by atoms with van der Waals surface area (Å²) in [5.74, 6) is -0.0233. The van der Waals surface area contributed by atoms with Gasteiger partial charge >= 0.3 is 0 Å². The highest BCUT2D eigenvalue weighted by Gasteiger charge is 2.45. The molecule has 1 saturated heterocycles. The van der Waals surface area contributed by atoms with Gasteiger partial charge in [-0.2, -0.15) is 4.73 Å². The molecule has 0 N–H and O–H groups in total. The molecule has 8 heteroatoms. The maximum absolute atomic E-state index is 12.2. The number of hydrogen-bond acceptors (Lipinski definition) is 4. The zero-order chi connectivity index (χ0) is 17.2. The van der Waals surface area contributed by atoms with Gasteiger partial charge in [-0.25, -0.2) is 0 Å². The van der Waals surface area contributed by atoms with Gasteiger partial charge in [0.15, 0.2) is 9.74 Å². The minimum Gasteiger partial charge on any atom is -0.618 e. The van der Waals surface area contributed by atoms with Gasteiger partial charge in [-0.05, 0) is 53.9 Å². The molecule has 1 unspecified atom stereocenters. The fraction of sp³-hybridized carbons (Fsp3) is 0.250. The second-order valence-corrected chi connectivity index (χ2v) is 9.69. The standard InChI is InChI=1S/C16H14Cl2N2O2S2/c17-13-6-4-12(5-7-13)8-10-20-14(21)11-16(18,24-20)23-15-3-1-2-9-19(15)22/h1-7,9H,8,10-11H2. The average Bonchev–Trinajstić information content (AvgIpc) is 2.83. The van der Waals surface area contributed by atoms with Crippen LogP contribution < -0.4 is 4.73 Å². The van der Waals surface area contributed by atoms with Crippen molar-refractivity contribution in [1.82, 2.24) is 4.31 Å². The van der Waals surface area contributed by atoms with Crippen molar-refractivity contribution in [2.24, 2.45) is 0 Å². The lowest BCUT2D eigenvalue weighted by molar-refractivity contribution is -0.645. The molecule has 0 aliphatic carbocycles. The minimum atomic E-state index is -0.884. The number of alkyl halides is 1. The zero-order valence-electron chi connectivity index (χ0n) is 12.5. The Morgan fingerprint density at radius 1 is 1.29 bits per heavy atom. The van der Waals surface area contributed by atoms with E-state index in [1.54, 1.807) is 22.5 Å². The van der Waals surface area contributed by atoms with Crippen LogP contribution in [0, 0.1) is 5.21 Å². The normalized spacial score (nSPS) is 20.6. The summed E-state index contributed by atoms with van der Waals surface area (Å²) in [6.45, 7) is 0.562. The summed E-state index contributed by atoms with van der Waals surface area (Å²) in [7, 11) is 0. The molecule has 1 fully saturated rings. The summed E-state index contributed by atoms with van der Waals surface area (Å²) < 4.78 is 1.55. The van der Waals surface area contributed by atoms with Gasteiger partial charge < -0.3 is 5.21 Å². The molecule has 2 aromatic rings. The first-order valence-electron chi connectivity index (χ1n) is 7.25. The molecule has 1 aromatic carbocycles. The van der Waals surface area contributed by atoms with Gasteiger partial charge in [-0.3, -0.25) is 9.10 Å². The van der Waals surface area contributed by atoms with Crippen molar-refractivity contribution in [3.63, 3.8) is 0 Å². The summed E-state index contributed by atoms with van der Waals surface area (Å²) in [5, 5.41) is 12.9. The van der Waals surface area contributed by atoms with Crippen molar-refractivity contribution in [1.29, 1.82) is 0 Å². The molecule has 0 spiro atoms. The first kappa shape index (κ1) is 17.7. The summed E-state index contributed by atoms with van der Waals surface area (Å²) in [6, 6.07) is 12.7. The predicted octanol–water partition coefficient (Wildman–Crippen LogP) is 4.08. The van der Waals surface area contributed by atoms with Crippen LogP contribution in [0.3, 0.4) is 0 Å². The number of hydrogen-bond donors (Lipinski definition) is 0. The van der Waals surface area contributed by atoms with Gasteiger partial charge in [0.2, 0.25) is 5.91 Å². The topological polar surface area (TPSA) is 47.2 Å². The van der Waals surface area contributed by atoms with E-state index in [-0.39, 0.29) is 12.3 Å². The van der Waals surface area contributed by atoms with Crippen molar-refractivity contribution in [3.8, 4) is 0 Å².